The van der Waals surface area contributed by atoms with Gasteiger partial charge in [-0.3, -0.25) is 9.59 Å². The van der Waals surface area contributed by atoms with Crippen LogP contribution in [-0.2, 0) is 5.75 Å². The molecule has 160 valence electrons. The first kappa shape index (κ1) is 21.4. The Morgan fingerprint density at radius 2 is 1.65 bits per heavy atom. The lowest BCUT2D eigenvalue weighted by atomic mass is 10.1. The summed E-state index contributed by atoms with van der Waals surface area (Å²) in [5.41, 5.74) is 1.24. The summed E-state index contributed by atoms with van der Waals surface area (Å²) in [5.74, 6) is 1.55. The van der Waals surface area contributed by atoms with Crippen molar-refractivity contribution in [2.24, 2.45) is 0 Å². The minimum Gasteiger partial charge on any atom is -0.340 e. The smallest absolute Gasteiger partial charge is 0.255 e. The van der Waals surface area contributed by atoms with E-state index in [2.05, 4.69) is 10.1 Å². The molecule has 2 amide bonds. The molecule has 0 bridgehead atoms. The van der Waals surface area contributed by atoms with Crippen LogP contribution in [0.5, 0.6) is 0 Å². The van der Waals surface area contributed by atoms with Gasteiger partial charge in [0.1, 0.15) is 0 Å². The van der Waals surface area contributed by atoms with E-state index in [1.54, 1.807) is 41.0 Å². The molecule has 1 aliphatic heterocycles. The van der Waals surface area contributed by atoms with Gasteiger partial charge in [0.2, 0.25) is 5.89 Å². The standard InChI is InChI=1S/C22H21ClN4O3S/c1-15-24-20(25-30-15)14-31-19-5-3-2-4-18(19)22(29)27-12-10-26(11-13-27)21(28)16-6-8-17(23)9-7-16/h2-9H,10-14H2,1H3. The summed E-state index contributed by atoms with van der Waals surface area (Å²) in [6.07, 6.45) is 0. The summed E-state index contributed by atoms with van der Waals surface area (Å²) in [4.78, 5) is 34.5. The summed E-state index contributed by atoms with van der Waals surface area (Å²) >= 11 is 7.40. The SMILES string of the molecule is Cc1nc(CSc2ccccc2C(=O)N2CCN(C(=O)c3ccc(Cl)cc3)CC2)no1. The molecule has 1 fully saturated rings. The van der Waals surface area contributed by atoms with Crippen molar-refractivity contribution in [3.8, 4) is 0 Å². The summed E-state index contributed by atoms with van der Waals surface area (Å²) in [5, 5.41) is 4.50. The largest absolute Gasteiger partial charge is 0.340 e. The van der Waals surface area contributed by atoms with Gasteiger partial charge in [0, 0.05) is 48.6 Å². The Hall–Kier alpha value is -2.84. The molecule has 0 aliphatic carbocycles. The number of hydrogen-bond donors (Lipinski definition) is 0. The highest BCUT2D eigenvalue weighted by Gasteiger charge is 2.26. The lowest BCUT2D eigenvalue weighted by Gasteiger charge is -2.35. The van der Waals surface area contributed by atoms with E-state index < -0.39 is 0 Å². The van der Waals surface area contributed by atoms with E-state index in [0.29, 0.717) is 59.8 Å². The van der Waals surface area contributed by atoms with Crippen molar-refractivity contribution < 1.29 is 14.1 Å². The zero-order valence-corrected chi connectivity index (χ0v) is 18.5. The molecule has 3 aromatic rings. The fraction of sp³-hybridized carbons (Fsp3) is 0.273. The van der Waals surface area contributed by atoms with Crippen LogP contribution in [0.25, 0.3) is 0 Å². The first-order chi connectivity index (χ1) is 15.0. The maximum Gasteiger partial charge on any atom is 0.255 e. The number of thioether (sulfide) groups is 1. The molecule has 0 atom stereocenters. The highest BCUT2D eigenvalue weighted by molar-refractivity contribution is 7.98. The van der Waals surface area contributed by atoms with Gasteiger partial charge in [-0.1, -0.05) is 28.9 Å². The van der Waals surface area contributed by atoms with Crippen molar-refractivity contribution in [1.29, 1.82) is 0 Å². The third-order valence-electron chi connectivity index (χ3n) is 4.99. The number of halogens is 1. The minimum atomic E-state index is -0.0462. The third kappa shape index (κ3) is 5.08. The molecule has 0 N–H and O–H groups in total. The molecule has 2 heterocycles. The van der Waals surface area contributed by atoms with Crippen molar-refractivity contribution in [2.45, 2.75) is 17.6 Å². The molecule has 1 aliphatic rings. The van der Waals surface area contributed by atoms with Crippen LogP contribution in [0.2, 0.25) is 5.02 Å². The summed E-state index contributed by atoms with van der Waals surface area (Å²) in [7, 11) is 0. The second kappa shape index (κ2) is 9.53. The van der Waals surface area contributed by atoms with Crippen LogP contribution in [0.15, 0.2) is 57.9 Å². The number of rotatable bonds is 5. The Kier molecular flexibility index (Phi) is 6.58. The molecule has 31 heavy (non-hydrogen) atoms. The molecular weight excluding hydrogens is 436 g/mol. The predicted molar refractivity (Wildman–Crippen MR) is 118 cm³/mol. The van der Waals surface area contributed by atoms with E-state index >= 15 is 0 Å². The first-order valence-electron chi connectivity index (χ1n) is 9.86. The van der Waals surface area contributed by atoms with E-state index in [9.17, 15) is 9.59 Å². The molecule has 1 aromatic heterocycles. The zero-order valence-electron chi connectivity index (χ0n) is 17.0. The van der Waals surface area contributed by atoms with Gasteiger partial charge in [-0.05, 0) is 36.4 Å². The Bertz CT molecular complexity index is 1080. The highest BCUT2D eigenvalue weighted by atomic mass is 35.5. The van der Waals surface area contributed by atoms with Crippen LogP contribution in [0.3, 0.4) is 0 Å². The van der Waals surface area contributed by atoms with Crippen molar-refractivity contribution in [1.82, 2.24) is 19.9 Å². The summed E-state index contributed by atoms with van der Waals surface area (Å²) in [6.45, 7) is 3.70. The molecule has 0 unspecified atom stereocenters. The topological polar surface area (TPSA) is 79.5 Å². The zero-order chi connectivity index (χ0) is 21.8. The van der Waals surface area contributed by atoms with E-state index in [0.717, 1.165) is 4.90 Å². The summed E-state index contributed by atoms with van der Waals surface area (Å²) < 4.78 is 5.00. The van der Waals surface area contributed by atoms with Gasteiger partial charge in [0.15, 0.2) is 5.82 Å². The molecule has 2 aromatic carbocycles. The average Bonchev–Trinajstić information content (AvgIpc) is 3.22. The van der Waals surface area contributed by atoms with Crippen LogP contribution >= 0.6 is 23.4 Å². The molecular formula is C22H21ClN4O3S. The van der Waals surface area contributed by atoms with Gasteiger partial charge in [-0.25, -0.2) is 0 Å². The molecule has 9 heteroatoms. The van der Waals surface area contributed by atoms with Crippen molar-refractivity contribution in [3.05, 3.63) is 76.4 Å². The van der Waals surface area contributed by atoms with Crippen LogP contribution in [0, 0.1) is 6.92 Å². The van der Waals surface area contributed by atoms with Gasteiger partial charge < -0.3 is 14.3 Å². The molecule has 0 saturated carbocycles. The number of carbonyl (C=O) groups excluding carboxylic acids is 2. The van der Waals surface area contributed by atoms with Gasteiger partial charge in [0.05, 0.1) is 11.3 Å². The molecule has 1 saturated heterocycles. The minimum absolute atomic E-state index is 0.0361. The van der Waals surface area contributed by atoms with E-state index in [1.165, 1.54) is 11.8 Å². The van der Waals surface area contributed by atoms with Crippen LogP contribution in [0.1, 0.15) is 32.4 Å². The summed E-state index contributed by atoms with van der Waals surface area (Å²) in [6, 6.07) is 14.4. The number of hydrogen-bond acceptors (Lipinski definition) is 6. The van der Waals surface area contributed by atoms with Gasteiger partial charge in [-0.15, -0.1) is 11.8 Å². The average molecular weight is 457 g/mol. The molecule has 0 spiro atoms. The fourth-order valence-corrected chi connectivity index (χ4v) is 4.38. The van der Waals surface area contributed by atoms with Crippen LogP contribution in [-0.4, -0.2) is 57.9 Å². The fourth-order valence-electron chi connectivity index (χ4n) is 3.37. The van der Waals surface area contributed by atoms with Crippen molar-refractivity contribution in [3.63, 3.8) is 0 Å². The second-order valence-electron chi connectivity index (χ2n) is 7.11. The van der Waals surface area contributed by atoms with Gasteiger partial charge in [-0.2, -0.15) is 4.98 Å². The second-order valence-corrected chi connectivity index (χ2v) is 8.56. The lowest BCUT2D eigenvalue weighted by molar-refractivity contribution is 0.0533. The number of carbonyl (C=O) groups is 2. The number of nitrogens with zero attached hydrogens (tertiary/aromatic N) is 4. The number of aromatic nitrogens is 2. The highest BCUT2D eigenvalue weighted by Crippen LogP contribution is 2.27. The monoisotopic (exact) mass is 456 g/mol. The van der Waals surface area contributed by atoms with Gasteiger partial charge in [0.25, 0.3) is 11.8 Å². The Morgan fingerprint density at radius 3 is 2.29 bits per heavy atom. The van der Waals surface area contributed by atoms with Crippen LogP contribution < -0.4 is 0 Å². The Balaban J connectivity index is 1.38. The third-order valence-corrected chi connectivity index (χ3v) is 6.31. The maximum absolute atomic E-state index is 13.2. The maximum atomic E-state index is 13.2. The quantitative estimate of drug-likeness (QED) is 0.541. The Labute approximate surface area is 189 Å². The van der Waals surface area contributed by atoms with Crippen molar-refractivity contribution >= 4 is 35.2 Å². The molecule has 4 rings (SSSR count). The normalized spacial score (nSPS) is 14.0. The van der Waals surface area contributed by atoms with Crippen LogP contribution in [0.4, 0.5) is 0 Å². The Morgan fingerprint density at radius 1 is 1.00 bits per heavy atom. The predicted octanol–water partition coefficient (Wildman–Crippen LogP) is 3.92. The number of piperazine rings is 1. The van der Waals surface area contributed by atoms with E-state index in [1.807, 2.05) is 24.3 Å². The molecule has 7 nitrogen and oxygen atoms in total. The van der Waals surface area contributed by atoms with E-state index in [-0.39, 0.29) is 11.8 Å². The number of amides is 2. The molecule has 0 radical (unpaired) electrons. The lowest BCUT2D eigenvalue weighted by Crippen LogP contribution is -2.50. The number of benzene rings is 2. The van der Waals surface area contributed by atoms with E-state index in [4.69, 9.17) is 16.1 Å². The number of aryl methyl sites for hydroxylation is 1. The van der Waals surface area contributed by atoms with Gasteiger partial charge >= 0.3 is 0 Å². The first-order valence-corrected chi connectivity index (χ1v) is 11.2. The van der Waals surface area contributed by atoms with Crippen molar-refractivity contribution in [2.75, 3.05) is 26.2 Å².